The van der Waals surface area contributed by atoms with E-state index >= 15 is 0 Å². The summed E-state index contributed by atoms with van der Waals surface area (Å²) in [6.45, 7) is 0.868. The minimum absolute atomic E-state index is 0.00417. The van der Waals surface area contributed by atoms with E-state index in [9.17, 15) is 8.42 Å². The predicted molar refractivity (Wildman–Crippen MR) is 71.0 cm³/mol. The lowest BCUT2D eigenvalue weighted by Gasteiger charge is -2.12. The van der Waals surface area contributed by atoms with Crippen LogP contribution in [0.5, 0.6) is 11.5 Å². The molecule has 0 unspecified atom stereocenters. The number of hydrogen-bond donors (Lipinski definition) is 0. The fourth-order valence-corrected chi connectivity index (χ4v) is 1.89. The van der Waals surface area contributed by atoms with Crippen LogP contribution in [0.4, 0.5) is 0 Å². The van der Waals surface area contributed by atoms with Gasteiger partial charge in [0, 0.05) is 0 Å². The standard InChI is InChI=1S/C13H18O5S/c1-19(14,15)18-9-8-16-12-4-2-3-5-13(12)17-10-11-6-7-11/h2-5,11H,6-10H2,1H3. The van der Waals surface area contributed by atoms with Crippen LogP contribution < -0.4 is 9.47 Å². The highest BCUT2D eigenvalue weighted by atomic mass is 32.2. The number of rotatable bonds is 8. The summed E-state index contributed by atoms with van der Waals surface area (Å²) in [6.07, 6.45) is 3.47. The fraction of sp³-hybridized carbons (Fsp3) is 0.538. The number of para-hydroxylation sites is 2. The molecule has 0 spiro atoms. The van der Waals surface area contributed by atoms with Crippen molar-refractivity contribution in [3.63, 3.8) is 0 Å². The lowest BCUT2D eigenvalue weighted by atomic mass is 10.3. The number of hydrogen-bond acceptors (Lipinski definition) is 5. The highest BCUT2D eigenvalue weighted by molar-refractivity contribution is 7.85. The first-order valence-corrected chi connectivity index (χ1v) is 8.05. The largest absolute Gasteiger partial charge is 0.489 e. The Morgan fingerprint density at radius 1 is 1.11 bits per heavy atom. The third-order valence-corrected chi connectivity index (χ3v) is 3.25. The van der Waals surface area contributed by atoms with Crippen LogP contribution in [-0.4, -0.2) is 34.5 Å². The van der Waals surface area contributed by atoms with E-state index in [1.807, 2.05) is 18.2 Å². The molecule has 19 heavy (non-hydrogen) atoms. The van der Waals surface area contributed by atoms with Crippen molar-refractivity contribution in [2.75, 3.05) is 26.1 Å². The molecular weight excluding hydrogens is 268 g/mol. The Hall–Kier alpha value is -1.27. The van der Waals surface area contributed by atoms with E-state index in [1.54, 1.807) is 6.07 Å². The zero-order valence-electron chi connectivity index (χ0n) is 10.9. The van der Waals surface area contributed by atoms with Gasteiger partial charge in [-0.1, -0.05) is 12.1 Å². The molecule has 0 radical (unpaired) electrons. The van der Waals surface area contributed by atoms with Crippen LogP contribution in [0, 0.1) is 5.92 Å². The Balaban J connectivity index is 1.81. The van der Waals surface area contributed by atoms with Crippen molar-refractivity contribution in [3.8, 4) is 11.5 Å². The van der Waals surface area contributed by atoms with E-state index in [2.05, 4.69) is 4.18 Å². The van der Waals surface area contributed by atoms with Gasteiger partial charge in [0.05, 0.1) is 12.9 Å². The molecule has 2 rings (SSSR count). The van der Waals surface area contributed by atoms with Gasteiger partial charge in [-0.2, -0.15) is 8.42 Å². The van der Waals surface area contributed by atoms with Gasteiger partial charge in [0.2, 0.25) is 0 Å². The summed E-state index contributed by atoms with van der Waals surface area (Å²) in [4.78, 5) is 0. The Kier molecular flexibility index (Phi) is 4.66. The number of ether oxygens (including phenoxy) is 2. The van der Waals surface area contributed by atoms with Gasteiger partial charge in [-0.15, -0.1) is 0 Å². The van der Waals surface area contributed by atoms with Gasteiger partial charge in [0.25, 0.3) is 10.1 Å². The lowest BCUT2D eigenvalue weighted by Crippen LogP contribution is -2.11. The number of benzene rings is 1. The highest BCUT2D eigenvalue weighted by Crippen LogP contribution is 2.32. The molecule has 1 aromatic rings. The van der Waals surface area contributed by atoms with E-state index in [0.29, 0.717) is 24.0 Å². The Labute approximate surface area is 113 Å². The van der Waals surface area contributed by atoms with Gasteiger partial charge in [0.15, 0.2) is 11.5 Å². The van der Waals surface area contributed by atoms with Gasteiger partial charge in [-0.3, -0.25) is 4.18 Å². The summed E-state index contributed by atoms with van der Waals surface area (Å²) >= 11 is 0. The Morgan fingerprint density at radius 2 is 1.74 bits per heavy atom. The molecule has 0 aliphatic heterocycles. The first-order chi connectivity index (χ1) is 9.04. The normalized spacial score (nSPS) is 15.2. The smallest absolute Gasteiger partial charge is 0.264 e. The molecular formula is C13H18O5S. The molecule has 1 aliphatic carbocycles. The van der Waals surface area contributed by atoms with Gasteiger partial charge in [-0.05, 0) is 30.9 Å². The minimum atomic E-state index is -3.41. The van der Waals surface area contributed by atoms with E-state index in [4.69, 9.17) is 9.47 Å². The average molecular weight is 286 g/mol. The van der Waals surface area contributed by atoms with Crippen molar-refractivity contribution < 1.29 is 22.1 Å². The summed E-state index contributed by atoms with van der Waals surface area (Å²) in [5.41, 5.74) is 0. The summed E-state index contributed by atoms with van der Waals surface area (Å²) in [5.74, 6) is 1.97. The van der Waals surface area contributed by atoms with E-state index in [-0.39, 0.29) is 13.2 Å². The summed E-state index contributed by atoms with van der Waals surface area (Å²) < 4.78 is 37.3. The third kappa shape index (κ3) is 5.48. The molecule has 0 atom stereocenters. The molecule has 1 aliphatic rings. The van der Waals surface area contributed by atoms with Crippen LogP contribution in [0.2, 0.25) is 0 Å². The molecule has 0 amide bonds. The van der Waals surface area contributed by atoms with E-state index in [1.165, 1.54) is 12.8 Å². The molecule has 0 heterocycles. The first-order valence-electron chi connectivity index (χ1n) is 6.23. The molecule has 1 fully saturated rings. The fourth-order valence-electron chi connectivity index (χ4n) is 1.52. The monoisotopic (exact) mass is 286 g/mol. The maximum Gasteiger partial charge on any atom is 0.264 e. The Bertz CT molecular complexity index is 508. The molecule has 5 nitrogen and oxygen atoms in total. The second kappa shape index (κ2) is 6.25. The molecule has 6 heteroatoms. The van der Waals surface area contributed by atoms with Crippen molar-refractivity contribution in [2.45, 2.75) is 12.8 Å². The highest BCUT2D eigenvalue weighted by Gasteiger charge is 2.22. The van der Waals surface area contributed by atoms with E-state index < -0.39 is 10.1 Å². The van der Waals surface area contributed by atoms with Crippen LogP contribution in [-0.2, 0) is 14.3 Å². The maximum atomic E-state index is 10.8. The maximum absolute atomic E-state index is 10.8. The van der Waals surface area contributed by atoms with Crippen LogP contribution in [0.25, 0.3) is 0 Å². The van der Waals surface area contributed by atoms with Gasteiger partial charge >= 0.3 is 0 Å². The molecule has 0 bridgehead atoms. The van der Waals surface area contributed by atoms with E-state index in [0.717, 1.165) is 6.26 Å². The quantitative estimate of drug-likeness (QED) is 0.539. The van der Waals surface area contributed by atoms with Gasteiger partial charge in [0.1, 0.15) is 13.2 Å². The second-order valence-electron chi connectivity index (χ2n) is 4.58. The molecule has 1 saturated carbocycles. The van der Waals surface area contributed by atoms with Crippen LogP contribution in [0.15, 0.2) is 24.3 Å². The predicted octanol–water partition coefficient (Wildman–Crippen LogP) is 1.83. The Morgan fingerprint density at radius 3 is 2.32 bits per heavy atom. The van der Waals surface area contributed by atoms with Crippen molar-refractivity contribution >= 4 is 10.1 Å². The molecule has 106 valence electrons. The van der Waals surface area contributed by atoms with Gasteiger partial charge < -0.3 is 9.47 Å². The van der Waals surface area contributed by atoms with Gasteiger partial charge in [-0.25, -0.2) is 0 Å². The van der Waals surface area contributed by atoms with Crippen LogP contribution >= 0.6 is 0 Å². The average Bonchev–Trinajstić information content (AvgIpc) is 3.16. The van der Waals surface area contributed by atoms with Crippen molar-refractivity contribution in [1.82, 2.24) is 0 Å². The first kappa shape index (κ1) is 14.1. The van der Waals surface area contributed by atoms with Crippen LogP contribution in [0.3, 0.4) is 0 Å². The summed E-state index contributed by atoms with van der Waals surface area (Å²) in [7, 11) is -3.41. The van der Waals surface area contributed by atoms with Crippen molar-refractivity contribution in [3.05, 3.63) is 24.3 Å². The second-order valence-corrected chi connectivity index (χ2v) is 6.22. The zero-order chi connectivity index (χ0) is 13.7. The van der Waals surface area contributed by atoms with Crippen molar-refractivity contribution in [2.24, 2.45) is 5.92 Å². The summed E-state index contributed by atoms with van der Waals surface area (Å²) in [5, 5.41) is 0. The third-order valence-electron chi connectivity index (χ3n) is 2.66. The topological polar surface area (TPSA) is 61.8 Å². The lowest BCUT2D eigenvalue weighted by molar-refractivity contribution is 0.210. The molecule has 0 aromatic heterocycles. The molecule has 0 N–H and O–H groups in total. The van der Waals surface area contributed by atoms with Crippen molar-refractivity contribution in [1.29, 1.82) is 0 Å². The minimum Gasteiger partial charge on any atom is -0.489 e. The summed E-state index contributed by atoms with van der Waals surface area (Å²) in [6, 6.07) is 7.36. The van der Waals surface area contributed by atoms with Crippen LogP contribution in [0.1, 0.15) is 12.8 Å². The molecule has 1 aromatic carbocycles. The SMILES string of the molecule is CS(=O)(=O)OCCOc1ccccc1OCC1CC1. The molecule has 0 saturated heterocycles. The zero-order valence-corrected chi connectivity index (χ0v) is 11.7.